The van der Waals surface area contributed by atoms with Crippen molar-refractivity contribution in [2.45, 2.75) is 19.8 Å². The van der Waals surface area contributed by atoms with Gasteiger partial charge in [-0.3, -0.25) is 13.6 Å². The molecule has 0 aliphatic carbocycles. The lowest BCUT2D eigenvalue weighted by molar-refractivity contribution is -0.296. The summed E-state index contributed by atoms with van der Waals surface area (Å²) >= 11 is 0. The van der Waals surface area contributed by atoms with Gasteiger partial charge in [-0.15, -0.1) is 0 Å². The first-order chi connectivity index (χ1) is 5.42. The van der Waals surface area contributed by atoms with Crippen LogP contribution in [0.4, 0.5) is 0 Å². The van der Waals surface area contributed by atoms with Gasteiger partial charge in [-0.25, -0.2) is 0 Å². The average molecular weight is 218 g/mol. The van der Waals surface area contributed by atoms with Gasteiger partial charge >= 0.3 is 8.25 Å². The van der Waals surface area contributed by atoms with Gasteiger partial charge in [-0.05, 0) is 0 Å². The molecule has 0 fully saturated rings. The summed E-state index contributed by atoms with van der Waals surface area (Å²) in [6.45, 7) is 3.04. The van der Waals surface area contributed by atoms with Crippen LogP contribution < -0.4 is 0 Å². The molecule has 0 spiro atoms. The third-order valence-electron chi connectivity index (χ3n) is 1.16. The lowest BCUT2D eigenvalue weighted by Crippen LogP contribution is -2.37. The highest BCUT2D eigenvalue weighted by molar-refractivity contribution is 7.32. The van der Waals surface area contributed by atoms with Crippen molar-refractivity contribution < 1.29 is 28.5 Å². The van der Waals surface area contributed by atoms with Crippen LogP contribution in [0.1, 0.15) is 13.8 Å². The zero-order valence-corrected chi connectivity index (χ0v) is 8.64. The van der Waals surface area contributed by atoms with Crippen LogP contribution in [0.2, 0.25) is 0 Å². The maximum absolute atomic E-state index is 10.2. The smallest absolute Gasteiger partial charge is 0.320 e. The molecule has 0 radical (unpaired) electrons. The van der Waals surface area contributed by atoms with Gasteiger partial charge in [0.25, 0.3) is 5.97 Å². The quantitative estimate of drug-likeness (QED) is 0.450. The van der Waals surface area contributed by atoms with E-state index in [2.05, 4.69) is 9.05 Å². The van der Waals surface area contributed by atoms with Crippen LogP contribution in [-0.2, 0) is 13.6 Å². The molecule has 0 aliphatic rings. The average Bonchev–Trinajstić information content (AvgIpc) is 1.85. The van der Waals surface area contributed by atoms with Gasteiger partial charge in [-0.1, -0.05) is 13.8 Å². The molecule has 0 aliphatic heterocycles. The summed E-state index contributed by atoms with van der Waals surface area (Å²) in [5.41, 5.74) is 0. The summed E-state index contributed by atoms with van der Waals surface area (Å²) in [6.07, 6.45) is 0. The third-order valence-corrected chi connectivity index (χ3v) is 2.01. The second-order valence-electron chi connectivity index (χ2n) is 2.35. The summed E-state index contributed by atoms with van der Waals surface area (Å²) in [6, 6.07) is 0. The molecule has 0 saturated carbocycles. The first kappa shape index (κ1) is 12.5. The van der Waals surface area contributed by atoms with E-state index in [1.807, 2.05) is 0 Å². The Morgan fingerprint density at radius 3 is 2.33 bits per heavy atom. The van der Waals surface area contributed by atoms with E-state index < -0.39 is 29.2 Å². The highest BCUT2D eigenvalue weighted by Crippen LogP contribution is 2.34. The van der Waals surface area contributed by atoms with E-state index in [1.165, 1.54) is 13.8 Å². The van der Waals surface area contributed by atoms with E-state index in [1.54, 1.807) is 0 Å². The predicted octanol–water partition coefficient (Wildman–Crippen LogP) is 0.205. The Balaban J connectivity index is 4.28. The molecule has 3 unspecified atom stereocenters. The predicted molar refractivity (Wildman–Crippen MR) is 43.7 cm³/mol. The maximum atomic E-state index is 10.2. The lowest BCUT2D eigenvalue weighted by atomic mass is 10.2. The second-order valence-corrected chi connectivity index (χ2v) is 3.47. The van der Waals surface area contributed by atoms with Crippen LogP contribution in [0.5, 0.6) is 0 Å². The molecule has 8 heteroatoms. The van der Waals surface area contributed by atoms with Crippen LogP contribution in [0, 0.1) is 5.92 Å². The minimum Gasteiger partial charge on any atom is -0.352 e. The van der Waals surface area contributed by atoms with Crippen molar-refractivity contribution in [3.05, 3.63) is 0 Å². The molecule has 0 amide bonds. The van der Waals surface area contributed by atoms with Crippen LogP contribution in [0.25, 0.3) is 0 Å². The van der Waals surface area contributed by atoms with Gasteiger partial charge in [-0.2, -0.15) is 0 Å². The molecular weight excluding hydrogens is 206 g/mol. The largest absolute Gasteiger partial charge is 0.352 e. The van der Waals surface area contributed by atoms with Gasteiger partial charge in [0, 0.05) is 5.92 Å². The van der Waals surface area contributed by atoms with E-state index in [0.717, 1.165) is 0 Å². The Kier molecular flexibility index (Phi) is 5.45. The Labute approximate surface area is 72.4 Å². The molecule has 0 aromatic heterocycles. The molecule has 3 atom stereocenters. The Bertz CT molecular complexity index is 162. The summed E-state index contributed by atoms with van der Waals surface area (Å²) in [5.74, 6) is -2.74. The van der Waals surface area contributed by atoms with Crippen molar-refractivity contribution in [2.75, 3.05) is 0 Å². The molecule has 0 aromatic rings. The van der Waals surface area contributed by atoms with E-state index in [-0.39, 0.29) is 0 Å². The molecular formula is C4H12O6P2. The SMILES string of the molecule is CC(C)C(O)(OPO)O[PH](=O)O. The fourth-order valence-corrected chi connectivity index (χ4v) is 1.47. The first-order valence-electron chi connectivity index (χ1n) is 3.13. The normalized spacial score (nSPS) is 20.2. The fourth-order valence-electron chi connectivity index (χ4n) is 0.447. The monoisotopic (exact) mass is 218 g/mol. The molecule has 6 nitrogen and oxygen atoms in total. The van der Waals surface area contributed by atoms with Gasteiger partial charge in [0.2, 0.25) is 0 Å². The molecule has 0 rings (SSSR count). The second kappa shape index (κ2) is 5.25. The van der Waals surface area contributed by atoms with E-state index in [4.69, 9.17) is 9.79 Å². The van der Waals surface area contributed by atoms with Gasteiger partial charge in [0.15, 0.2) is 9.03 Å². The van der Waals surface area contributed by atoms with Crippen molar-refractivity contribution >= 4 is 17.3 Å². The van der Waals surface area contributed by atoms with Crippen molar-refractivity contribution in [1.82, 2.24) is 0 Å². The maximum Gasteiger partial charge on any atom is 0.320 e. The van der Waals surface area contributed by atoms with Gasteiger partial charge in [0.1, 0.15) is 0 Å². The highest BCUT2D eigenvalue weighted by atomic mass is 31.1. The summed E-state index contributed by atoms with van der Waals surface area (Å²) in [5, 5.41) is 9.33. The third kappa shape index (κ3) is 3.92. The highest BCUT2D eigenvalue weighted by Gasteiger charge is 2.35. The fraction of sp³-hybridized carbons (Fsp3) is 1.00. The summed E-state index contributed by atoms with van der Waals surface area (Å²) in [4.78, 5) is 16.7. The van der Waals surface area contributed by atoms with Crippen LogP contribution in [0.15, 0.2) is 0 Å². The van der Waals surface area contributed by atoms with Crippen molar-refractivity contribution in [3.63, 3.8) is 0 Å². The van der Waals surface area contributed by atoms with Crippen LogP contribution in [0.3, 0.4) is 0 Å². The van der Waals surface area contributed by atoms with Gasteiger partial charge < -0.3 is 14.9 Å². The van der Waals surface area contributed by atoms with Crippen LogP contribution in [-0.4, -0.2) is 20.9 Å². The summed E-state index contributed by atoms with van der Waals surface area (Å²) < 4.78 is 18.8. The zero-order chi connectivity index (χ0) is 9.78. The van der Waals surface area contributed by atoms with Gasteiger partial charge in [0.05, 0.1) is 0 Å². The lowest BCUT2D eigenvalue weighted by Gasteiger charge is -2.28. The number of hydrogen-bond donors (Lipinski definition) is 3. The molecule has 0 aromatic carbocycles. The molecule has 3 N–H and O–H groups in total. The van der Waals surface area contributed by atoms with Crippen molar-refractivity contribution in [3.8, 4) is 0 Å². The Morgan fingerprint density at radius 2 is 2.08 bits per heavy atom. The van der Waals surface area contributed by atoms with Crippen molar-refractivity contribution in [2.24, 2.45) is 5.92 Å². The standard InChI is InChI=1S/C4H12O6P2/c1-3(2)4(5,9-11-6)10-12(7)8/h3,5-6,11-12H,1-2H3,(H,7,8). The van der Waals surface area contributed by atoms with E-state index in [9.17, 15) is 9.67 Å². The Hall–Kier alpha value is 0.460. The van der Waals surface area contributed by atoms with E-state index in [0.29, 0.717) is 0 Å². The molecule has 0 bridgehead atoms. The Morgan fingerprint density at radius 1 is 1.58 bits per heavy atom. The van der Waals surface area contributed by atoms with Crippen LogP contribution >= 0.6 is 17.3 Å². The van der Waals surface area contributed by atoms with Crippen molar-refractivity contribution in [1.29, 1.82) is 0 Å². The van der Waals surface area contributed by atoms with E-state index >= 15 is 0 Å². The topological polar surface area (TPSA) is 96.2 Å². The first-order valence-corrected chi connectivity index (χ1v) is 5.25. The molecule has 0 heterocycles. The number of rotatable bonds is 5. The molecule has 12 heavy (non-hydrogen) atoms. The number of aliphatic hydroxyl groups is 1. The minimum absolute atomic E-state index is 0.557. The molecule has 74 valence electrons. The summed E-state index contributed by atoms with van der Waals surface area (Å²) in [7, 11) is -4.30. The minimum atomic E-state index is -3.29. The molecule has 0 saturated heterocycles. The number of hydrogen-bond acceptors (Lipinski definition) is 5. The zero-order valence-electron chi connectivity index (χ0n) is 6.64.